The van der Waals surface area contributed by atoms with Gasteiger partial charge in [-0.2, -0.15) is 5.10 Å². The summed E-state index contributed by atoms with van der Waals surface area (Å²) in [6.07, 6.45) is 0. The first-order valence-electron chi connectivity index (χ1n) is 14.6. The molecule has 2 aliphatic heterocycles. The van der Waals surface area contributed by atoms with E-state index < -0.39 is 6.04 Å². The lowest BCUT2D eigenvalue weighted by molar-refractivity contribution is 0.597. The molecule has 7 nitrogen and oxygen atoms in total. The summed E-state index contributed by atoms with van der Waals surface area (Å²) in [6.45, 7) is 8.15. The summed E-state index contributed by atoms with van der Waals surface area (Å²) in [5.74, 6) is 1.56. The van der Waals surface area contributed by atoms with Crippen molar-refractivity contribution in [3.8, 4) is 5.69 Å². The number of anilines is 3. The number of halogens is 1. The van der Waals surface area contributed by atoms with E-state index in [9.17, 15) is 0 Å². The van der Waals surface area contributed by atoms with Crippen molar-refractivity contribution in [2.45, 2.75) is 26.8 Å². The van der Waals surface area contributed by atoms with Crippen LogP contribution in [-0.4, -0.2) is 34.5 Å². The Labute approximate surface area is 250 Å². The highest BCUT2D eigenvalue weighted by Gasteiger charge is 2.42. The molecule has 4 aromatic carbocycles. The minimum Gasteiger partial charge on any atom is -0.372 e. The number of aryl methyl sites for hydroxylation is 1. The lowest BCUT2D eigenvalue weighted by atomic mass is 9.93. The van der Waals surface area contributed by atoms with E-state index in [2.05, 4.69) is 53.2 Å². The summed E-state index contributed by atoms with van der Waals surface area (Å²) in [5.41, 5.74) is 6.76. The topological polar surface area (TPSA) is 61.0 Å². The van der Waals surface area contributed by atoms with E-state index in [-0.39, 0.29) is 5.82 Å². The third kappa shape index (κ3) is 4.55. The van der Waals surface area contributed by atoms with Crippen molar-refractivity contribution in [3.05, 3.63) is 126 Å². The van der Waals surface area contributed by atoms with Crippen molar-refractivity contribution in [3.63, 3.8) is 0 Å². The zero-order valence-corrected chi connectivity index (χ0v) is 24.4. The molecule has 1 atom stereocenters. The molecule has 7 rings (SSSR count). The summed E-state index contributed by atoms with van der Waals surface area (Å²) in [6, 6.07) is 32.6. The molecular formula is C35H32FN7. The van der Waals surface area contributed by atoms with Crippen LogP contribution in [-0.2, 0) is 0 Å². The van der Waals surface area contributed by atoms with Crippen molar-refractivity contribution in [1.29, 1.82) is 0 Å². The molecule has 0 amide bonds. The quantitative estimate of drug-likeness (QED) is 0.225. The highest BCUT2D eigenvalue weighted by Crippen LogP contribution is 2.48. The van der Waals surface area contributed by atoms with Crippen molar-refractivity contribution in [2.24, 2.45) is 9.98 Å². The number of nitrogens with zero attached hydrogens (tertiary/aromatic N) is 6. The Kier molecular flexibility index (Phi) is 6.74. The normalized spacial score (nSPS) is 15.2. The molecule has 1 aromatic heterocycles. The molecule has 0 saturated heterocycles. The van der Waals surface area contributed by atoms with Gasteiger partial charge in [0.2, 0.25) is 0 Å². The molecule has 3 heterocycles. The zero-order chi connectivity index (χ0) is 29.5. The molecule has 2 aliphatic rings. The summed E-state index contributed by atoms with van der Waals surface area (Å²) < 4.78 is 17.6. The van der Waals surface area contributed by atoms with Gasteiger partial charge in [0, 0.05) is 35.6 Å². The van der Waals surface area contributed by atoms with Crippen LogP contribution in [0.25, 0.3) is 5.69 Å². The molecule has 0 bridgehead atoms. The SMILES string of the molecule is CCN(CC)c1ccc(NC2=Nc3ccccc3N3C2=Nc2c(c(C)nn2-c2ccccc2)[C@H]3c2ccccc2F)cc1. The lowest BCUT2D eigenvalue weighted by Crippen LogP contribution is -2.46. The standard InChI is InChI=1S/C35H32FN7/c1-4-41(5-2)25-21-19-24(20-22-25)37-33-35-39-34-31(23(3)40-43(34)26-13-7-6-8-14-26)32(27-15-9-10-16-28(27)36)42(35)30-18-12-11-17-29(30)38-33/h6-22,32H,4-5H2,1-3H3,(H,37,38)/t32-/m1/s1. The Morgan fingerprint density at radius 1 is 0.814 bits per heavy atom. The van der Waals surface area contributed by atoms with Crippen LogP contribution in [0.15, 0.2) is 113 Å². The lowest BCUT2D eigenvalue weighted by Gasteiger charge is -2.40. The number of nitrogens with one attached hydrogen (secondary N) is 1. The van der Waals surface area contributed by atoms with Gasteiger partial charge in [-0.1, -0.05) is 48.5 Å². The van der Waals surface area contributed by atoms with E-state index in [0.29, 0.717) is 23.1 Å². The van der Waals surface area contributed by atoms with E-state index in [1.54, 1.807) is 6.07 Å². The van der Waals surface area contributed by atoms with Crippen molar-refractivity contribution in [1.82, 2.24) is 9.78 Å². The second kappa shape index (κ2) is 10.9. The monoisotopic (exact) mass is 569 g/mol. The second-order valence-electron chi connectivity index (χ2n) is 10.6. The van der Waals surface area contributed by atoms with Gasteiger partial charge in [-0.05, 0) is 75.4 Å². The van der Waals surface area contributed by atoms with Gasteiger partial charge in [0.15, 0.2) is 17.5 Å². The number of amidine groups is 2. The molecule has 0 unspecified atom stereocenters. The Hall–Kier alpha value is -5.24. The van der Waals surface area contributed by atoms with Gasteiger partial charge in [-0.3, -0.25) is 0 Å². The van der Waals surface area contributed by atoms with Crippen molar-refractivity contribution >= 4 is 40.2 Å². The van der Waals surface area contributed by atoms with Gasteiger partial charge < -0.3 is 15.1 Å². The van der Waals surface area contributed by atoms with Crippen LogP contribution in [0.1, 0.15) is 36.7 Å². The number of aromatic nitrogens is 2. The number of aliphatic imine (C=N–C) groups is 2. The first kappa shape index (κ1) is 26.6. The Bertz CT molecular complexity index is 1850. The minimum absolute atomic E-state index is 0.284. The fourth-order valence-corrected chi connectivity index (χ4v) is 6.02. The number of fused-ring (bicyclic) bond motifs is 4. The largest absolute Gasteiger partial charge is 0.372 e. The van der Waals surface area contributed by atoms with Gasteiger partial charge >= 0.3 is 0 Å². The van der Waals surface area contributed by atoms with Gasteiger partial charge in [0.25, 0.3) is 0 Å². The highest BCUT2D eigenvalue weighted by molar-refractivity contribution is 6.51. The van der Waals surface area contributed by atoms with Gasteiger partial charge in [0.05, 0.1) is 28.8 Å². The van der Waals surface area contributed by atoms with Crippen LogP contribution >= 0.6 is 0 Å². The van der Waals surface area contributed by atoms with Gasteiger partial charge in [-0.25, -0.2) is 19.1 Å². The van der Waals surface area contributed by atoms with E-state index in [0.717, 1.165) is 52.8 Å². The van der Waals surface area contributed by atoms with Gasteiger partial charge in [0.1, 0.15) is 5.82 Å². The van der Waals surface area contributed by atoms with Crippen LogP contribution < -0.4 is 15.1 Å². The molecule has 0 radical (unpaired) electrons. The summed E-state index contributed by atoms with van der Waals surface area (Å²) in [5, 5.41) is 8.47. The first-order chi connectivity index (χ1) is 21.1. The number of para-hydroxylation sites is 3. The van der Waals surface area contributed by atoms with Crippen LogP contribution in [0.5, 0.6) is 0 Å². The molecule has 0 aliphatic carbocycles. The van der Waals surface area contributed by atoms with Crippen molar-refractivity contribution in [2.75, 3.05) is 28.2 Å². The van der Waals surface area contributed by atoms with Crippen LogP contribution in [0, 0.1) is 12.7 Å². The highest BCUT2D eigenvalue weighted by atomic mass is 19.1. The van der Waals surface area contributed by atoms with Crippen LogP contribution in [0.3, 0.4) is 0 Å². The fraction of sp³-hybridized carbons (Fsp3) is 0.171. The number of benzene rings is 4. The second-order valence-corrected chi connectivity index (χ2v) is 10.6. The predicted octanol–water partition coefficient (Wildman–Crippen LogP) is 7.96. The molecule has 214 valence electrons. The third-order valence-corrected chi connectivity index (χ3v) is 8.10. The average molecular weight is 570 g/mol. The number of rotatable bonds is 6. The first-order valence-corrected chi connectivity index (χ1v) is 14.6. The van der Waals surface area contributed by atoms with E-state index in [4.69, 9.17) is 15.1 Å². The molecule has 0 fully saturated rings. The maximum atomic E-state index is 15.7. The maximum absolute atomic E-state index is 15.7. The van der Waals surface area contributed by atoms with Gasteiger partial charge in [-0.15, -0.1) is 0 Å². The number of hydrogen-bond acceptors (Lipinski definition) is 6. The van der Waals surface area contributed by atoms with Crippen LogP contribution in [0.4, 0.5) is 33.0 Å². The molecule has 0 spiro atoms. The van der Waals surface area contributed by atoms with Crippen LogP contribution in [0.2, 0.25) is 0 Å². The molecule has 5 aromatic rings. The average Bonchev–Trinajstić information content (AvgIpc) is 3.38. The van der Waals surface area contributed by atoms with Crippen molar-refractivity contribution < 1.29 is 4.39 Å². The van der Waals surface area contributed by atoms with E-state index in [1.165, 1.54) is 6.07 Å². The zero-order valence-electron chi connectivity index (χ0n) is 24.4. The third-order valence-electron chi connectivity index (χ3n) is 8.10. The maximum Gasteiger partial charge on any atom is 0.179 e. The molecular weight excluding hydrogens is 537 g/mol. The van der Waals surface area contributed by atoms with E-state index >= 15 is 4.39 Å². The fourth-order valence-electron chi connectivity index (χ4n) is 6.02. The molecule has 1 N–H and O–H groups in total. The Morgan fingerprint density at radius 3 is 2.26 bits per heavy atom. The van der Waals surface area contributed by atoms with E-state index in [1.807, 2.05) is 78.3 Å². The summed E-state index contributed by atoms with van der Waals surface area (Å²) >= 11 is 0. The minimum atomic E-state index is -0.514. The Balaban J connectivity index is 1.43. The Morgan fingerprint density at radius 2 is 1.51 bits per heavy atom. The number of hydrogen-bond donors (Lipinski definition) is 1. The molecule has 8 heteroatoms. The molecule has 43 heavy (non-hydrogen) atoms. The molecule has 0 saturated carbocycles. The summed E-state index contributed by atoms with van der Waals surface area (Å²) in [4.78, 5) is 14.7. The predicted molar refractivity (Wildman–Crippen MR) is 173 cm³/mol. The smallest absolute Gasteiger partial charge is 0.179 e. The summed E-state index contributed by atoms with van der Waals surface area (Å²) in [7, 11) is 0.